The van der Waals surface area contributed by atoms with Gasteiger partial charge in [0.2, 0.25) is 0 Å². The number of pyridine rings is 3. The van der Waals surface area contributed by atoms with Gasteiger partial charge in [0.25, 0.3) is 5.91 Å². The summed E-state index contributed by atoms with van der Waals surface area (Å²) >= 11 is 0. The van der Waals surface area contributed by atoms with Crippen molar-refractivity contribution in [2.24, 2.45) is 0 Å². The molecule has 0 atom stereocenters. The average molecular weight is 748 g/mol. The zero-order valence-electron chi connectivity index (χ0n) is 33.3. The number of amides is 1. The number of aryl methyl sites for hydroxylation is 5. The Labute approximate surface area is 326 Å². The molecule has 7 rings (SSSR count). The number of nitrogens with one attached hydrogen (secondary N) is 1. The number of hydrogen-bond donors (Lipinski definition) is 1. The normalized spacial score (nSPS) is 13.7. The van der Waals surface area contributed by atoms with E-state index in [0.717, 1.165) is 86.4 Å². The van der Waals surface area contributed by atoms with Crippen molar-refractivity contribution in [3.63, 3.8) is 0 Å². The molecule has 0 bridgehead atoms. The molecule has 0 saturated carbocycles. The monoisotopic (exact) mass is 747 g/mol. The fourth-order valence-electron chi connectivity index (χ4n) is 6.23. The summed E-state index contributed by atoms with van der Waals surface area (Å²) in [5.41, 5.74) is 9.37. The van der Waals surface area contributed by atoms with Crippen molar-refractivity contribution in [2.45, 2.75) is 61.2 Å². The maximum Gasteiger partial charge on any atom is 0.269 e. The highest BCUT2D eigenvalue weighted by Crippen LogP contribution is 2.14. The summed E-state index contributed by atoms with van der Waals surface area (Å²) in [7, 11) is 0. The third-order valence-electron chi connectivity index (χ3n) is 8.52. The van der Waals surface area contributed by atoms with Gasteiger partial charge in [-0.3, -0.25) is 29.5 Å². The van der Waals surface area contributed by atoms with Gasteiger partial charge in [0.15, 0.2) is 0 Å². The molecule has 7 heterocycles. The quantitative estimate of drug-likeness (QED) is 0.165. The van der Waals surface area contributed by atoms with Crippen LogP contribution in [0.5, 0.6) is 0 Å². The Morgan fingerprint density at radius 2 is 0.855 bits per heavy atom. The lowest BCUT2D eigenvalue weighted by Crippen LogP contribution is -2.36. The van der Waals surface area contributed by atoms with E-state index in [1.54, 1.807) is 37.6 Å². The van der Waals surface area contributed by atoms with Gasteiger partial charge in [-0.2, -0.15) is 0 Å². The molecule has 11 heteroatoms. The average Bonchev–Trinajstić information content (AvgIpc) is 3.98. The second kappa shape index (κ2) is 23.4. The molecule has 0 unspecified atom stereocenters. The maximum atomic E-state index is 12.5. The number of carbonyl (C=O) groups is 1. The molecule has 1 aliphatic rings. The lowest BCUT2D eigenvalue weighted by atomic mass is 10.2. The van der Waals surface area contributed by atoms with Gasteiger partial charge >= 0.3 is 0 Å². The third-order valence-corrected chi connectivity index (χ3v) is 8.52. The van der Waals surface area contributed by atoms with Crippen LogP contribution in [0.2, 0.25) is 0 Å². The zero-order chi connectivity index (χ0) is 39.3. The van der Waals surface area contributed by atoms with Gasteiger partial charge in [-0.25, -0.2) is 4.98 Å². The molecule has 1 amide bonds. The van der Waals surface area contributed by atoms with Crippen LogP contribution in [0.15, 0.2) is 124 Å². The van der Waals surface area contributed by atoms with Crippen molar-refractivity contribution in [3.8, 4) is 0 Å². The summed E-state index contributed by atoms with van der Waals surface area (Å²) in [5, 5.41) is 2.88. The minimum Gasteiger partial charge on any atom is -0.473 e. The summed E-state index contributed by atoms with van der Waals surface area (Å²) in [4.78, 5) is 34.4. The van der Waals surface area contributed by atoms with Gasteiger partial charge in [0.05, 0.1) is 54.7 Å². The summed E-state index contributed by atoms with van der Waals surface area (Å²) in [6, 6.07) is 23.6. The van der Waals surface area contributed by atoms with Crippen molar-refractivity contribution in [1.82, 2.24) is 35.0 Å². The summed E-state index contributed by atoms with van der Waals surface area (Å²) in [6.07, 6.45) is 9.75. The first-order valence-electron chi connectivity index (χ1n) is 18.9. The molecule has 1 N–H and O–H groups in total. The molecule has 11 nitrogen and oxygen atoms in total. The Balaban J connectivity index is 0.000000367. The largest absolute Gasteiger partial charge is 0.473 e. The van der Waals surface area contributed by atoms with E-state index < -0.39 is 0 Å². The van der Waals surface area contributed by atoms with E-state index >= 15 is 0 Å². The van der Waals surface area contributed by atoms with Crippen LogP contribution < -0.4 is 5.32 Å². The zero-order valence-corrected chi connectivity index (χ0v) is 33.3. The smallest absolute Gasteiger partial charge is 0.269 e. The number of hydrogen-bond acceptors (Lipinski definition) is 10. The van der Waals surface area contributed by atoms with E-state index in [9.17, 15) is 4.79 Å². The molecule has 1 fully saturated rings. The number of nitrogens with zero attached hydrogens (tertiary/aromatic N) is 6. The van der Waals surface area contributed by atoms with Crippen molar-refractivity contribution in [1.29, 1.82) is 0 Å². The summed E-state index contributed by atoms with van der Waals surface area (Å²) in [6.45, 7) is 21.0. The third kappa shape index (κ3) is 16.7. The van der Waals surface area contributed by atoms with Crippen LogP contribution >= 0.6 is 0 Å². The van der Waals surface area contributed by atoms with Gasteiger partial charge in [-0.05, 0) is 131 Å². The van der Waals surface area contributed by atoms with E-state index in [1.165, 1.54) is 11.1 Å². The lowest BCUT2D eigenvalue weighted by Gasteiger charge is -2.25. The highest BCUT2D eigenvalue weighted by Gasteiger charge is 2.19. The van der Waals surface area contributed by atoms with E-state index in [4.69, 9.17) is 15.0 Å². The van der Waals surface area contributed by atoms with Crippen LogP contribution in [-0.4, -0.2) is 81.4 Å². The summed E-state index contributed by atoms with van der Waals surface area (Å²) in [5.74, 6) is -0.115. The van der Waals surface area contributed by atoms with Crippen LogP contribution in [0, 0.1) is 34.6 Å². The molecule has 0 radical (unpaired) electrons. The number of carbonyl (C=O) groups excluding carboxylic acids is 1. The van der Waals surface area contributed by atoms with Crippen LogP contribution in [0.4, 0.5) is 0 Å². The summed E-state index contributed by atoms with van der Waals surface area (Å²) < 4.78 is 13.8. The molecule has 0 aliphatic carbocycles. The van der Waals surface area contributed by atoms with Crippen molar-refractivity contribution >= 4 is 5.91 Å². The van der Waals surface area contributed by atoms with Gasteiger partial charge in [0, 0.05) is 76.8 Å². The Bertz CT molecular complexity index is 1690. The molecule has 55 heavy (non-hydrogen) atoms. The Morgan fingerprint density at radius 3 is 1.15 bits per heavy atom. The highest BCUT2D eigenvalue weighted by atomic mass is 16.3. The second-order valence-corrected chi connectivity index (χ2v) is 13.6. The number of rotatable bonds is 8. The molecule has 6 aromatic heterocycles. The molecule has 292 valence electrons. The molecular weight excluding hydrogens is 691 g/mol. The fraction of sp³-hybridized carbons (Fsp3) is 0.364. The van der Waals surface area contributed by atoms with Crippen LogP contribution in [0.1, 0.15) is 62.6 Å². The maximum absolute atomic E-state index is 12.5. The van der Waals surface area contributed by atoms with Crippen LogP contribution in [0.3, 0.4) is 0 Å². The molecule has 1 aliphatic heterocycles. The first kappa shape index (κ1) is 42.4. The molecule has 0 spiro atoms. The highest BCUT2D eigenvalue weighted by molar-refractivity contribution is 5.92. The predicted octanol–water partition coefficient (Wildman–Crippen LogP) is 7.82. The second-order valence-electron chi connectivity index (χ2n) is 13.6. The van der Waals surface area contributed by atoms with Crippen molar-refractivity contribution < 1.29 is 18.0 Å². The van der Waals surface area contributed by atoms with Crippen molar-refractivity contribution in [3.05, 3.63) is 161 Å². The number of aromatic nitrogens is 3. The topological polar surface area (TPSA) is 117 Å². The Kier molecular flexibility index (Phi) is 18.1. The van der Waals surface area contributed by atoms with Gasteiger partial charge in [0.1, 0.15) is 5.69 Å². The molecule has 1 saturated heterocycles. The minimum absolute atomic E-state index is 0.115. The van der Waals surface area contributed by atoms with E-state index in [2.05, 4.69) is 91.3 Å². The first-order chi connectivity index (χ1) is 26.7. The SMILES string of the molecule is CCNC(=O)c1cc(C)cc(CN2CCN(Cc3cc(C)cc(C)n3)CCN(Cc3cc(C)cc(C)n3)CC2)n1.c1ccoc1.c1ccoc1.c1ccoc1. The number of furan rings is 3. The van der Waals surface area contributed by atoms with Gasteiger partial charge in [-0.1, -0.05) is 0 Å². The lowest BCUT2D eigenvalue weighted by molar-refractivity contribution is 0.0950. The Morgan fingerprint density at radius 1 is 0.527 bits per heavy atom. The van der Waals surface area contributed by atoms with Gasteiger partial charge in [-0.15, -0.1) is 0 Å². The molecule has 6 aromatic rings. The van der Waals surface area contributed by atoms with Crippen LogP contribution in [-0.2, 0) is 19.6 Å². The standard InChI is InChI=1S/C32H45N7O.3C4H4O/c1-7-33-32(40)31-19-25(4)18-30(36-31)22-39-12-10-37(20-28-16-23(2)14-26(5)34-28)8-9-38(11-13-39)21-29-17-24(3)15-27(6)35-29;3*1-2-4-5-3-1/h14-19H,7-13,20-22H2,1-6H3,(H,33,40);3*1-4H. The molecular formula is C44H57N7O4. The Hall–Kier alpha value is -5.36. The van der Waals surface area contributed by atoms with Crippen LogP contribution in [0.25, 0.3) is 0 Å². The van der Waals surface area contributed by atoms with Crippen molar-refractivity contribution in [2.75, 3.05) is 45.8 Å². The molecule has 0 aromatic carbocycles. The van der Waals surface area contributed by atoms with Gasteiger partial charge < -0.3 is 18.6 Å². The van der Waals surface area contributed by atoms with E-state index in [0.29, 0.717) is 18.8 Å². The van der Waals surface area contributed by atoms with E-state index in [-0.39, 0.29) is 5.91 Å². The first-order valence-corrected chi connectivity index (χ1v) is 18.9. The minimum atomic E-state index is -0.115. The fourth-order valence-corrected chi connectivity index (χ4v) is 6.23. The van der Waals surface area contributed by atoms with E-state index in [1.807, 2.05) is 56.3 Å². The predicted molar refractivity (Wildman–Crippen MR) is 216 cm³/mol.